The van der Waals surface area contributed by atoms with E-state index < -0.39 is 0 Å². The van der Waals surface area contributed by atoms with Crippen molar-refractivity contribution < 1.29 is 0 Å². The summed E-state index contributed by atoms with van der Waals surface area (Å²) in [4.78, 5) is 0. The third kappa shape index (κ3) is 1.57. The van der Waals surface area contributed by atoms with Crippen LogP contribution in [0.5, 0.6) is 0 Å². The van der Waals surface area contributed by atoms with Crippen molar-refractivity contribution in [3.63, 3.8) is 0 Å². The average Bonchev–Trinajstić information content (AvgIpc) is 2.33. The van der Waals surface area contributed by atoms with Crippen LogP contribution in [0.4, 0.5) is 0 Å². The molecule has 2 aliphatic carbocycles. The van der Waals surface area contributed by atoms with Gasteiger partial charge >= 0.3 is 0 Å². The van der Waals surface area contributed by atoms with E-state index in [9.17, 15) is 0 Å². The molecule has 0 N–H and O–H groups in total. The molecule has 1 aromatic carbocycles. The fourth-order valence-electron chi connectivity index (χ4n) is 2.36. The summed E-state index contributed by atoms with van der Waals surface area (Å²) in [7, 11) is 0. The molecule has 0 aromatic heterocycles. The number of hydrogen-bond donors (Lipinski definition) is 0. The minimum absolute atomic E-state index is 1.15. The van der Waals surface area contributed by atoms with Crippen molar-refractivity contribution in [2.75, 3.05) is 0 Å². The first-order valence-corrected chi connectivity index (χ1v) is 5.79. The van der Waals surface area contributed by atoms with Gasteiger partial charge in [-0.05, 0) is 34.4 Å². The molecule has 0 nitrogen and oxygen atoms in total. The summed E-state index contributed by atoms with van der Waals surface area (Å²) < 4.78 is 0. The van der Waals surface area contributed by atoms with Gasteiger partial charge in [-0.3, -0.25) is 0 Å². The van der Waals surface area contributed by atoms with Crippen LogP contribution >= 0.6 is 0 Å². The molecule has 0 saturated heterocycles. The highest BCUT2D eigenvalue weighted by Gasteiger charge is 2.07. The molecule has 0 heterocycles. The van der Waals surface area contributed by atoms with Crippen LogP contribution in [0.1, 0.15) is 12.8 Å². The third-order valence-electron chi connectivity index (χ3n) is 3.16. The van der Waals surface area contributed by atoms with E-state index in [0.717, 1.165) is 12.8 Å². The Balaban J connectivity index is 2.43. The standard InChI is InChI=1S/C16H14/c1-2-8-14-10-4-6-12-16(14)15-11-5-3-9-13(15)7-1/h1-5,7-11H,6,12H2/b2-1-,7-1?,8-2?,13-7-,14-8-,16-15-. The van der Waals surface area contributed by atoms with Crippen LogP contribution in [0, 0.1) is 0 Å². The van der Waals surface area contributed by atoms with Gasteiger partial charge in [-0.25, -0.2) is 0 Å². The third-order valence-corrected chi connectivity index (χ3v) is 3.16. The molecule has 1 aromatic rings. The largest absolute Gasteiger partial charge is 0.0836 e. The van der Waals surface area contributed by atoms with Crippen LogP contribution in [0.2, 0.25) is 0 Å². The zero-order valence-corrected chi connectivity index (χ0v) is 9.19. The molecule has 0 bridgehead atoms. The summed E-state index contributed by atoms with van der Waals surface area (Å²) in [6, 6.07) is 8.65. The smallest absolute Gasteiger partial charge is 0.0146 e. The van der Waals surface area contributed by atoms with Crippen LogP contribution in [0.3, 0.4) is 0 Å². The van der Waals surface area contributed by atoms with Crippen molar-refractivity contribution in [1.29, 1.82) is 0 Å². The first kappa shape index (κ1) is 9.41. The second kappa shape index (κ2) is 3.97. The monoisotopic (exact) mass is 206 g/mol. The quantitative estimate of drug-likeness (QED) is 0.611. The van der Waals surface area contributed by atoms with E-state index in [1.54, 1.807) is 0 Å². The Bertz CT molecular complexity index is 610. The number of hydrogen-bond acceptors (Lipinski definition) is 0. The van der Waals surface area contributed by atoms with Gasteiger partial charge in [0.2, 0.25) is 0 Å². The van der Waals surface area contributed by atoms with Gasteiger partial charge in [0.05, 0.1) is 0 Å². The first-order valence-electron chi connectivity index (χ1n) is 5.79. The molecular weight excluding hydrogens is 192 g/mol. The highest BCUT2D eigenvalue weighted by atomic mass is 14.1. The minimum Gasteiger partial charge on any atom is -0.0836 e. The van der Waals surface area contributed by atoms with E-state index in [-0.39, 0.29) is 0 Å². The molecule has 0 atom stereocenters. The van der Waals surface area contributed by atoms with Crippen LogP contribution in [-0.2, 0) is 0 Å². The molecule has 3 rings (SSSR count). The van der Waals surface area contributed by atoms with Crippen molar-refractivity contribution >= 4 is 11.6 Å². The molecule has 0 saturated carbocycles. The van der Waals surface area contributed by atoms with Gasteiger partial charge in [0.15, 0.2) is 0 Å². The number of rotatable bonds is 0. The summed E-state index contributed by atoms with van der Waals surface area (Å²) in [5.74, 6) is 0. The Kier molecular flexibility index (Phi) is 2.34. The lowest BCUT2D eigenvalue weighted by atomic mass is 9.91. The van der Waals surface area contributed by atoms with Gasteiger partial charge in [-0.15, -0.1) is 0 Å². The van der Waals surface area contributed by atoms with Crippen molar-refractivity contribution in [3.8, 4) is 0 Å². The molecule has 2 aliphatic rings. The molecule has 0 spiro atoms. The summed E-state index contributed by atoms with van der Waals surface area (Å²) in [5, 5.41) is 2.72. The maximum absolute atomic E-state index is 2.26. The van der Waals surface area contributed by atoms with Gasteiger partial charge in [0, 0.05) is 0 Å². The van der Waals surface area contributed by atoms with Crippen molar-refractivity contribution in [2.45, 2.75) is 12.8 Å². The van der Waals surface area contributed by atoms with Crippen molar-refractivity contribution in [3.05, 3.63) is 70.7 Å². The molecule has 0 heteroatoms. The van der Waals surface area contributed by atoms with Gasteiger partial charge in [0.25, 0.3) is 0 Å². The molecule has 0 radical (unpaired) electrons. The number of benzene rings is 1. The summed E-state index contributed by atoms with van der Waals surface area (Å²) in [5.41, 5.74) is 2.85. The van der Waals surface area contributed by atoms with Gasteiger partial charge in [-0.1, -0.05) is 60.7 Å². The highest BCUT2D eigenvalue weighted by Crippen LogP contribution is 2.23. The average molecular weight is 206 g/mol. The van der Waals surface area contributed by atoms with Crippen LogP contribution in [-0.4, -0.2) is 0 Å². The maximum Gasteiger partial charge on any atom is -0.0146 e. The van der Waals surface area contributed by atoms with Gasteiger partial charge < -0.3 is 0 Å². The molecule has 0 aliphatic heterocycles. The van der Waals surface area contributed by atoms with E-state index in [4.69, 9.17) is 0 Å². The molecule has 78 valence electrons. The van der Waals surface area contributed by atoms with E-state index in [2.05, 4.69) is 60.7 Å². The second-order valence-electron chi connectivity index (χ2n) is 4.18. The topological polar surface area (TPSA) is 0 Å². The normalized spacial score (nSPS) is 28.5. The lowest BCUT2D eigenvalue weighted by Gasteiger charge is -2.13. The Hall–Kier alpha value is -1.82. The van der Waals surface area contributed by atoms with Crippen molar-refractivity contribution in [1.82, 2.24) is 0 Å². The SMILES string of the molecule is C1=CC2=C/C=C\C=c3\cccc\c3=C\2CC1. The fraction of sp³-hybridized carbons (Fsp3) is 0.125. The minimum atomic E-state index is 1.15. The van der Waals surface area contributed by atoms with E-state index in [1.807, 2.05) is 0 Å². The number of fused-ring (bicyclic) bond motifs is 2. The molecule has 0 fully saturated rings. The van der Waals surface area contributed by atoms with Crippen molar-refractivity contribution in [2.24, 2.45) is 0 Å². The van der Waals surface area contributed by atoms with Gasteiger partial charge in [0.1, 0.15) is 0 Å². The van der Waals surface area contributed by atoms with E-state index >= 15 is 0 Å². The summed E-state index contributed by atoms with van der Waals surface area (Å²) >= 11 is 0. The predicted molar refractivity (Wildman–Crippen MR) is 69.2 cm³/mol. The maximum atomic E-state index is 2.26. The lowest BCUT2D eigenvalue weighted by Crippen LogP contribution is -2.27. The van der Waals surface area contributed by atoms with Crippen LogP contribution in [0.25, 0.3) is 11.6 Å². The molecule has 0 unspecified atom stereocenters. The Labute approximate surface area is 95.6 Å². The zero-order valence-electron chi connectivity index (χ0n) is 9.19. The first-order chi connectivity index (χ1) is 7.95. The molecule has 16 heavy (non-hydrogen) atoms. The number of allylic oxidation sites excluding steroid dienone is 6. The lowest BCUT2D eigenvalue weighted by molar-refractivity contribution is 1.03. The van der Waals surface area contributed by atoms with E-state index in [1.165, 1.54) is 21.6 Å². The molecule has 0 amide bonds. The molecular formula is C16H14. The van der Waals surface area contributed by atoms with Gasteiger partial charge in [-0.2, -0.15) is 0 Å². The predicted octanol–water partition coefficient (Wildman–Crippen LogP) is 2.46. The summed E-state index contributed by atoms with van der Waals surface area (Å²) in [6.45, 7) is 0. The highest BCUT2D eigenvalue weighted by molar-refractivity contribution is 5.71. The second-order valence-corrected chi connectivity index (χ2v) is 4.18. The zero-order chi connectivity index (χ0) is 10.8. The Morgan fingerprint density at radius 1 is 0.938 bits per heavy atom. The summed E-state index contributed by atoms with van der Waals surface area (Å²) in [6.07, 6.45) is 15.4. The van der Waals surface area contributed by atoms with Crippen LogP contribution < -0.4 is 10.4 Å². The Morgan fingerprint density at radius 3 is 2.81 bits per heavy atom. The fourth-order valence-corrected chi connectivity index (χ4v) is 2.36. The van der Waals surface area contributed by atoms with Crippen LogP contribution in [0.15, 0.2) is 60.2 Å². The van der Waals surface area contributed by atoms with E-state index in [0.29, 0.717) is 0 Å². The Morgan fingerprint density at radius 2 is 1.81 bits per heavy atom.